The highest BCUT2D eigenvalue weighted by Gasteiger charge is 1.95. The van der Waals surface area contributed by atoms with Gasteiger partial charge in [0.1, 0.15) is 0 Å². The molecule has 3 nitrogen and oxygen atoms in total. The van der Waals surface area contributed by atoms with Crippen molar-refractivity contribution in [3.8, 4) is 0 Å². The van der Waals surface area contributed by atoms with Crippen molar-refractivity contribution < 1.29 is 9.53 Å². The van der Waals surface area contributed by atoms with E-state index >= 15 is 0 Å². The lowest BCUT2D eigenvalue weighted by Crippen LogP contribution is -2.25. The first-order valence-electron chi connectivity index (χ1n) is 2.57. The number of carbonyl (C=O) groups is 1. The molecule has 0 unspecified atom stereocenters. The molecule has 0 fully saturated rings. The molecule has 0 aliphatic rings. The molecule has 0 aromatic rings. The summed E-state index contributed by atoms with van der Waals surface area (Å²) in [6.07, 6.45) is -0.467. The number of amides is 1. The molecule has 9 heavy (non-hydrogen) atoms. The fourth-order valence-electron chi connectivity index (χ4n) is 0.293. The van der Waals surface area contributed by atoms with Crippen molar-refractivity contribution in [2.45, 2.75) is 0 Å². The van der Waals surface area contributed by atoms with E-state index in [-0.39, 0.29) is 6.61 Å². The second kappa shape index (κ2) is 5.69. The number of carbonyl (C=O) groups excluding carboxylic acids is 1. The molecular formula is C5H9ClNO2. The Balaban J connectivity index is 3.06. The van der Waals surface area contributed by atoms with Crippen LogP contribution >= 0.6 is 11.6 Å². The van der Waals surface area contributed by atoms with Gasteiger partial charge in [-0.1, -0.05) is 0 Å². The summed E-state index contributed by atoms with van der Waals surface area (Å²) in [4.78, 5) is 10.4. The van der Waals surface area contributed by atoms with Gasteiger partial charge in [0.15, 0.2) is 0 Å². The maximum atomic E-state index is 10.4. The van der Waals surface area contributed by atoms with Crippen LogP contribution in [0, 0.1) is 6.92 Å². The standard InChI is InChI=1S/C5H9ClNO2/c1-2-9-5(8)7-4-3-6/h1-4H2,(H,7,8). The Morgan fingerprint density at radius 2 is 2.44 bits per heavy atom. The highest BCUT2D eigenvalue weighted by atomic mass is 35.5. The predicted octanol–water partition coefficient (Wildman–Crippen LogP) is 0.785. The first kappa shape index (κ1) is 8.56. The molecule has 1 amide bonds. The second-order valence-corrected chi connectivity index (χ2v) is 1.63. The van der Waals surface area contributed by atoms with Gasteiger partial charge in [-0.05, 0) is 6.92 Å². The van der Waals surface area contributed by atoms with Crippen LogP contribution in [0.5, 0.6) is 0 Å². The molecule has 0 saturated carbocycles. The van der Waals surface area contributed by atoms with Gasteiger partial charge in [0.05, 0.1) is 6.61 Å². The zero-order valence-corrected chi connectivity index (χ0v) is 5.78. The number of nitrogens with one attached hydrogen (secondary N) is 1. The average molecular weight is 151 g/mol. The fourth-order valence-corrected chi connectivity index (χ4v) is 0.388. The Bertz CT molecular complexity index is 87.0. The van der Waals surface area contributed by atoms with E-state index in [0.29, 0.717) is 12.4 Å². The Hall–Kier alpha value is -0.440. The Kier molecular flexibility index (Phi) is 5.41. The van der Waals surface area contributed by atoms with Gasteiger partial charge in [-0.2, -0.15) is 0 Å². The predicted molar refractivity (Wildman–Crippen MR) is 35.4 cm³/mol. The number of hydrogen-bond donors (Lipinski definition) is 1. The van der Waals surface area contributed by atoms with Crippen molar-refractivity contribution in [3.63, 3.8) is 0 Å². The van der Waals surface area contributed by atoms with Crippen LogP contribution in [0.4, 0.5) is 4.79 Å². The summed E-state index contributed by atoms with van der Waals surface area (Å²) >= 11 is 5.26. The van der Waals surface area contributed by atoms with Crippen molar-refractivity contribution in [1.82, 2.24) is 5.32 Å². The van der Waals surface area contributed by atoms with Crippen LogP contribution in [0.1, 0.15) is 0 Å². The molecule has 0 spiro atoms. The topological polar surface area (TPSA) is 38.3 Å². The van der Waals surface area contributed by atoms with Crippen molar-refractivity contribution >= 4 is 17.7 Å². The second-order valence-electron chi connectivity index (χ2n) is 1.25. The lowest BCUT2D eigenvalue weighted by atomic mass is 10.7. The van der Waals surface area contributed by atoms with E-state index in [1.807, 2.05) is 0 Å². The van der Waals surface area contributed by atoms with E-state index in [2.05, 4.69) is 17.0 Å². The van der Waals surface area contributed by atoms with Crippen molar-refractivity contribution in [3.05, 3.63) is 6.92 Å². The van der Waals surface area contributed by atoms with Crippen LogP contribution < -0.4 is 5.32 Å². The molecule has 0 bridgehead atoms. The molecule has 0 aliphatic heterocycles. The molecule has 0 atom stereocenters. The van der Waals surface area contributed by atoms with Crippen LogP contribution in [0.3, 0.4) is 0 Å². The van der Waals surface area contributed by atoms with E-state index in [4.69, 9.17) is 11.6 Å². The molecule has 4 heteroatoms. The number of hydrogen-bond acceptors (Lipinski definition) is 2. The highest BCUT2D eigenvalue weighted by molar-refractivity contribution is 6.18. The quantitative estimate of drug-likeness (QED) is 0.604. The van der Waals surface area contributed by atoms with Crippen LogP contribution in [-0.2, 0) is 4.74 Å². The van der Waals surface area contributed by atoms with E-state index in [9.17, 15) is 4.79 Å². The van der Waals surface area contributed by atoms with Gasteiger partial charge in [0.2, 0.25) is 0 Å². The van der Waals surface area contributed by atoms with Crippen molar-refractivity contribution in [2.24, 2.45) is 0 Å². The number of ether oxygens (including phenoxy) is 1. The zero-order valence-electron chi connectivity index (χ0n) is 5.02. The van der Waals surface area contributed by atoms with E-state index in [1.54, 1.807) is 0 Å². The van der Waals surface area contributed by atoms with Gasteiger partial charge in [0, 0.05) is 12.4 Å². The number of rotatable bonds is 3. The largest absolute Gasteiger partial charge is 0.450 e. The van der Waals surface area contributed by atoms with Gasteiger partial charge in [-0.15, -0.1) is 11.6 Å². The minimum atomic E-state index is -0.467. The third-order valence-electron chi connectivity index (χ3n) is 0.597. The monoisotopic (exact) mass is 150 g/mol. The summed E-state index contributed by atoms with van der Waals surface area (Å²) in [5, 5.41) is 2.40. The zero-order chi connectivity index (χ0) is 7.11. The summed E-state index contributed by atoms with van der Waals surface area (Å²) in [6.45, 7) is 3.90. The molecule has 0 aromatic carbocycles. The minimum absolute atomic E-state index is 0.147. The normalized spacial score (nSPS) is 8.67. The van der Waals surface area contributed by atoms with Gasteiger partial charge >= 0.3 is 6.09 Å². The third-order valence-corrected chi connectivity index (χ3v) is 0.786. The summed E-state index contributed by atoms with van der Waals surface area (Å²) in [5.41, 5.74) is 0. The number of alkyl carbamates (subject to hydrolysis) is 1. The number of alkyl halides is 1. The summed E-state index contributed by atoms with van der Waals surface area (Å²) in [7, 11) is 0. The molecule has 0 saturated heterocycles. The first-order valence-corrected chi connectivity index (χ1v) is 3.10. The Morgan fingerprint density at radius 3 is 2.89 bits per heavy atom. The SMILES string of the molecule is [CH2]COC(=O)NCCCl. The fraction of sp³-hybridized carbons (Fsp3) is 0.600. The lowest BCUT2D eigenvalue weighted by Gasteiger charge is -2.00. The molecule has 1 radical (unpaired) electrons. The smallest absolute Gasteiger partial charge is 0.407 e. The average Bonchev–Trinajstić information content (AvgIpc) is 1.85. The van der Waals surface area contributed by atoms with E-state index < -0.39 is 6.09 Å². The number of halogens is 1. The molecule has 0 aromatic heterocycles. The van der Waals surface area contributed by atoms with Crippen molar-refractivity contribution in [2.75, 3.05) is 19.0 Å². The molecule has 0 rings (SSSR count). The maximum absolute atomic E-state index is 10.4. The van der Waals surface area contributed by atoms with Crippen LogP contribution in [-0.4, -0.2) is 25.1 Å². The molecule has 0 aliphatic carbocycles. The Labute approximate surface area is 59.3 Å². The van der Waals surface area contributed by atoms with Gasteiger partial charge in [-0.3, -0.25) is 0 Å². The van der Waals surface area contributed by atoms with Crippen LogP contribution in [0.2, 0.25) is 0 Å². The first-order chi connectivity index (χ1) is 4.31. The molecule has 1 N–H and O–H groups in total. The van der Waals surface area contributed by atoms with Crippen LogP contribution in [0.15, 0.2) is 0 Å². The van der Waals surface area contributed by atoms with E-state index in [0.717, 1.165) is 0 Å². The molecule has 0 heterocycles. The maximum Gasteiger partial charge on any atom is 0.407 e. The third kappa shape index (κ3) is 5.43. The van der Waals surface area contributed by atoms with Crippen molar-refractivity contribution in [1.29, 1.82) is 0 Å². The minimum Gasteiger partial charge on any atom is -0.450 e. The van der Waals surface area contributed by atoms with Gasteiger partial charge < -0.3 is 10.1 Å². The summed E-state index contributed by atoms with van der Waals surface area (Å²) < 4.78 is 4.42. The highest BCUT2D eigenvalue weighted by Crippen LogP contribution is 1.75. The summed E-state index contributed by atoms with van der Waals surface area (Å²) in [6, 6.07) is 0. The van der Waals surface area contributed by atoms with E-state index in [1.165, 1.54) is 0 Å². The summed E-state index contributed by atoms with van der Waals surface area (Å²) in [5.74, 6) is 0.395. The van der Waals surface area contributed by atoms with Gasteiger partial charge in [-0.25, -0.2) is 4.79 Å². The van der Waals surface area contributed by atoms with Crippen LogP contribution in [0.25, 0.3) is 0 Å². The molecular weight excluding hydrogens is 142 g/mol. The van der Waals surface area contributed by atoms with Gasteiger partial charge in [0.25, 0.3) is 0 Å². The molecule has 53 valence electrons. The lowest BCUT2D eigenvalue weighted by molar-refractivity contribution is 0.158. The Morgan fingerprint density at radius 1 is 1.78 bits per heavy atom.